The van der Waals surface area contributed by atoms with Gasteiger partial charge in [-0.15, -0.1) is 6.58 Å². The highest BCUT2D eigenvalue weighted by Crippen LogP contribution is 2.25. The van der Waals surface area contributed by atoms with E-state index in [2.05, 4.69) is 18.5 Å². The lowest BCUT2D eigenvalue weighted by molar-refractivity contribution is 0.00923. The molecule has 1 saturated carbocycles. The van der Waals surface area contributed by atoms with Crippen LogP contribution < -0.4 is 4.74 Å². The summed E-state index contributed by atoms with van der Waals surface area (Å²) >= 11 is 0. The van der Waals surface area contributed by atoms with Crippen molar-refractivity contribution in [2.45, 2.75) is 44.2 Å². The summed E-state index contributed by atoms with van der Waals surface area (Å²) in [5, 5.41) is 0. The van der Waals surface area contributed by atoms with Gasteiger partial charge in [0.05, 0.1) is 6.10 Å². The zero-order valence-corrected chi connectivity index (χ0v) is 16.4. The van der Waals surface area contributed by atoms with E-state index >= 15 is 0 Å². The number of halogens is 1. The van der Waals surface area contributed by atoms with Gasteiger partial charge in [0.2, 0.25) is 0 Å². The summed E-state index contributed by atoms with van der Waals surface area (Å²) in [6.07, 6.45) is 6.46. The number of amides is 1. The Bertz CT molecular complexity index is 586. The maximum atomic E-state index is 12.9. The topological polar surface area (TPSA) is 42.0 Å². The Morgan fingerprint density at radius 1 is 1.22 bits per heavy atom. The molecule has 0 heterocycles. The Morgan fingerprint density at radius 2 is 1.89 bits per heavy atom. The molecule has 0 spiro atoms. The second-order valence-corrected chi connectivity index (χ2v) is 7.14. The molecule has 0 atom stereocenters. The first-order valence-electron chi connectivity index (χ1n) is 9.61. The Kier molecular flexibility index (Phi) is 8.75. The molecule has 0 unspecified atom stereocenters. The second-order valence-electron chi connectivity index (χ2n) is 7.14. The van der Waals surface area contributed by atoms with Crippen molar-refractivity contribution in [3.8, 4) is 5.75 Å². The van der Waals surface area contributed by atoms with Crippen molar-refractivity contribution in [2.24, 2.45) is 0 Å². The zero-order chi connectivity index (χ0) is 19.6. The van der Waals surface area contributed by atoms with Crippen LogP contribution in [0.25, 0.3) is 0 Å². The molecule has 0 aliphatic heterocycles. The quantitative estimate of drug-likeness (QED) is 0.479. The molecular formula is C21H31FN2O3. The Labute approximate surface area is 161 Å². The number of carbonyl (C=O) groups is 1. The molecule has 1 aliphatic carbocycles. The number of rotatable bonds is 9. The van der Waals surface area contributed by atoms with Crippen molar-refractivity contribution in [3.63, 3.8) is 0 Å². The van der Waals surface area contributed by atoms with Crippen LogP contribution in [0.5, 0.6) is 5.75 Å². The lowest BCUT2D eigenvalue weighted by atomic mass is 9.92. The fourth-order valence-electron chi connectivity index (χ4n) is 3.32. The molecule has 0 saturated heterocycles. The summed E-state index contributed by atoms with van der Waals surface area (Å²) in [7, 11) is 3.83. The smallest absolute Gasteiger partial charge is 0.410 e. The molecule has 1 aliphatic rings. The van der Waals surface area contributed by atoms with Gasteiger partial charge < -0.3 is 19.3 Å². The van der Waals surface area contributed by atoms with E-state index in [9.17, 15) is 9.18 Å². The summed E-state index contributed by atoms with van der Waals surface area (Å²) in [5.41, 5.74) is 0. The molecule has 1 aromatic carbocycles. The van der Waals surface area contributed by atoms with Crippen LogP contribution in [0, 0.1) is 5.82 Å². The van der Waals surface area contributed by atoms with Crippen LogP contribution in [0.15, 0.2) is 36.9 Å². The monoisotopic (exact) mass is 378 g/mol. The molecule has 0 radical (unpaired) electrons. The first-order valence-corrected chi connectivity index (χ1v) is 9.61. The van der Waals surface area contributed by atoms with Gasteiger partial charge in [0.25, 0.3) is 0 Å². The minimum absolute atomic E-state index is 0.150. The average Bonchev–Trinajstić information content (AvgIpc) is 2.67. The third kappa shape index (κ3) is 7.31. The summed E-state index contributed by atoms with van der Waals surface area (Å²) in [6.45, 7) is 6.39. The molecule has 1 amide bonds. The SMILES string of the molecule is C=CCN(C)CCCOC1CCC(N(C)C(=O)Oc2ccc(F)cc2)CC1. The molecule has 150 valence electrons. The van der Waals surface area contributed by atoms with Gasteiger partial charge in [-0.3, -0.25) is 0 Å². The number of ether oxygens (including phenoxy) is 2. The number of hydrogen-bond acceptors (Lipinski definition) is 4. The van der Waals surface area contributed by atoms with Crippen molar-refractivity contribution in [1.82, 2.24) is 9.80 Å². The van der Waals surface area contributed by atoms with Gasteiger partial charge in [0.15, 0.2) is 0 Å². The van der Waals surface area contributed by atoms with Crippen molar-refractivity contribution < 1.29 is 18.7 Å². The average molecular weight is 378 g/mol. The largest absolute Gasteiger partial charge is 0.415 e. The van der Waals surface area contributed by atoms with E-state index in [0.717, 1.165) is 51.8 Å². The van der Waals surface area contributed by atoms with Crippen molar-refractivity contribution in [2.75, 3.05) is 33.8 Å². The molecule has 0 bridgehead atoms. The summed E-state index contributed by atoms with van der Waals surface area (Å²) < 4.78 is 24.2. The molecule has 5 nitrogen and oxygen atoms in total. The molecule has 6 heteroatoms. The lowest BCUT2D eigenvalue weighted by Gasteiger charge is -2.34. The van der Waals surface area contributed by atoms with Crippen LogP contribution in [0.1, 0.15) is 32.1 Å². The number of hydrogen-bond donors (Lipinski definition) is 0. The molecule has 0 aromatic heterocycles. The van der Waals surface area contributed by atoms with E-state index in [-0.39, 0.29) is 18.0 Å². The lowest BCUT2D eigenvalue weighted by Crippen LogP contribution is -2.42. The molecule has 2 rings (SSSR count). The van der Waals surface area contributed by atoms with Gasteiger partial charge in [0.1, 0.15) is 11.6 Å². The maximum Gasteiger partial charge on any atom is 0.415 e. The van der Waals surface area contributed by atoms with Crippen LogP contribution in [0.2, 0.25) is 0 Å². The van der Waals surface area contributed by atoms with Crippen LogP contribution >= 0.6 is 0 Å². The van der Waals surface area contributed by atoms with Gasteiger partial charge in [0, 0.05) is 32.8 Å². The maximum absolute atomic E-state index is 12.9. The Morgan fingerprint density at radius 3 is 2.52 bits per heavy atom. The number of likely N-dealkylation sites (N-methyl/N-ethyl adjacent to an activating group) is 1. The predicted octanol–water partition coefficient (Wildman–Crippen LogP) is 4.09. The van der Waals surface area contributed by atoms with Crippen molar-refractivity contribution >= 4 is 6.09 Å². The molecule has 27 heavy (non-hydrogen) atoms. The fourth-order valence-corrected chi connectivity index (χ4v) is 3.32. The van der Waals surface area contributed by atoms with E-state index in [4.69, 9.17) is 9.47 Å². The van der Waals surface area contributed by atoms with E-state index in [1.807, 2.05) is 6.08 Å². The summed E-state index contributed by atoms with van der Waals surface area (Å²) in [6, 6.07) is 5.62. The fraction of sp³-hybridized carbons (Fsp3) is 0.571. The summed E-state index contributed by atoms with van der Waals surface area (Å²) in [5.74, 6) is 0.000479. The number of nitrogens with zero attached hydrogens (tertiary/aromatic N) is 2. The van der Waals surface area contributed by atoms with E-state index < -0.39 is 6.09 Å². The molecule has 1 aromatic rings. The number of carbonyl (C=O) groups excluding carboxylic acids is 1. The summed E-state index contributed by atoms with van der Waals surface area (Å²) in [4.78, 5) is 16.1. The van der Waals surface area contributed by atoms with Gasteiger partial charge in [-0.25, -0.2) is 9.18 Å². The van der Waals surface area contributed by atoms with Gasteiger partial charge in [-0.1, -0.05) is 6.08 Å². The molecule has 1 fully saturated rings. The second kappa shape index (κ2) is 11.0. The van der Waals surface area contributed by atoms with E-state index in [1.165, 1.54) is 24.3 Å². The Balaban J connectivity index is 1.66. The Hall–Kier alpha value is -1.92. The van der Waals surface area contributed by atoms with Gasteiger partial charge in [-0.2, -0.15) is 0 Å². The minimum atomic E-state index is -0.406. The molecule has 0 N–H and O–H groups in total. The first kappa shape index (κ1) is 21.4. The third-order valence-corrected chi connectivity index (χ3v) is 4.98. The van der Waals surface area contributed by atoms with E-state index in [0.29, 0.717) is 5.75 Å². The van der Waals surface area contributed by atoms with Crippen molar-refractivity contribution in [3.05, 3.63) is 42.7 Å². The highest BCUT2D eigenvalue weighted by atomic mass is 19.1. The highest BCUT2D eigenvalue weighted by Gasteiger charge is 2.27. The standard InChI is InChI=1S/C21H31FN2O3/c1-4-14-23(2)15-5-16-26-19-12-8-18(9-13-19)24(3)21(25)27-20-10-6-17(22)7-11-20/h4,6-7,10-11,18-19H,1,5,8-9,12-16H2,2-3H3. The highest BCUT2D eigenvalue weighted by molar-refractivity contribution is 5.70. The van der Waals surface area contributed by atoms with Crippen LogP contribution in [-0.4, -0.2) is 61.8 Å². The van der Waals surface area contributed by atoms with E-state index in [1.54, 1.807) is 11.9 Å². The third-order valence-electron chi connectivity index (χ3n) is 4.98. The zero-order valence-electron chi connectivity index (χ0n) is 16.4. The number of benzene rings is 1. The van der Waals surface area contributed by atoms with Gasteiger partial charge >= 0.3 is 6.09 Å². The van der Waals surface area contributed by atoms with Gasteiger partial charge in [-0.05, 0) is 63.4 Å². The first-order chi connectivity index (χ1) is 13.0. The van der Waals surface area contributed by atoms with Crippen molar-refractivity contribution in [1.29, 1.82) is 0 Å². The predicted molar refractivity (Wildman–Crippen MR) is 104 cm³/mol. The minimum Gasteiger partial charge on any atom is -0.410 e. The van der Waals surface area contributed by atoms with Crippen LogP contribution in [0.3, 0.4) is 0 Å². The van der Waals surface area contributed by atoms with Crippen LogP contribution in [0.4, 0.5) is 9.18 Å². The normalized spacial score (nSPS) is 19.7. The van der Waals surface area contributed by atoms with Crippen LogP contribution in [-0.2, 0) is 4.74 Å². The molecular weight excluding hydrogens is 347 g/mol.